The molecule has 2 heteroatoms. The molecule has 0 saturated carbocycles. The van der Waals surface area contributed by atoms with E-state index >= 15 is 0 Å². The number of hydrogen-bond acceptors (Lipinski definition) is 1. The van der Waals surface area contributed by atoms with Crippen molar-refractivity contribution in [3.8, 4) is 0 Å². The number of hydrogen-bond donors (Lipinski definition) is 0. The Labute approximate surface area is 107 Å². The minimum atomic E-state index is -0.534. The van der Waals surface area contributed by atoms with E-state index in [0.717, 1.165) is 25.9 Å². The average molecular weight is 246 g/mol. The maximum atomic E-state index is 5.81. The van der Waals surface area contributed by atoms with Crippen LogP contribution in [0.4, 0.5) is 0 Å². The van der Waals surface area contributed by atoms with Gasteiger partial charge >= 0.3 is 0 Å². The standard InChI is InChI=1S/C15H22OSi/c1-3-8-14(9-4-2)12-13-16-17-15-10-6-5-7-11-15/h3-7,10-11,14H,1-2,8-9,12-13,17H2. The molecule has 0 unspecified atom stereocenters. The fourth-order valence-corrected chi connectivity index (χ4v) is 2.83. The summed E-state index contributed by atoms with van der Waals surface area (Å²) in [6, 6.07) is 10.5. The third kappa shape index (κ3) is 6.24. The van der Waals surface area contributed by atoms with Gasteiger partial charge in [0.05, 0.1) is 0 Å². The Morgan fingerprint density at radius 2 is 1.76 bits per heavy atom. The smallest absolute Gasteiger partial charge is 0.192 e. The molecule has 0 aromatic heterocycles. The second kappa shape index (κ2) is 8.96. The summed E-state index contributed by atoms with van der Waals surface area (Å²) in [7, 11) is -0.534. The molecule has 0 spiro atoms. The Balaban J connectivity index is 2.17. The molecule has 0 heterocycles. The highest BCUT2D eigenvalue weighted by atomic mass is 28.2. The first kappa shape index (κ1) is 13.9. The van der Waals surface area contributed by atoms with Crippen molar-refractivity contribution < 1.29 is 4.43 Å². The molecule has 1 aromatic rings. The second-order valence-corrected chi connectivity index (χ2v) is 5.76. The molecule has 1 rings (SSSR count). The van der Waals surface area contributed by atoms with Gasteiger partial charge in [-0.1, -0.05) is 42.5 Å². The molecule has 0 aliphatic carbocycles. The molecule has 1 aromatic carbocycles. The Kier molecular flexibility index (Phi) is 7.35. The lowest BCUT2D eigenvalue weighted by atomic mass is 9.98. The van der Waals surface area contributed by atoms with Crippen LogP contribution >= 0.6 is 0 Å². The van der Waals surface area contributed by atoms with E-state index in [1.807, 2.05) is 18.2 Å². The van der Waals surface area contributed by atoms with Gasteiger partial charge in [0.1, 0.15) is 0 Å². The zero-order valence-electron chi connectivity index (χ0n) is 10.5. The van der Waals surface area contributed by atoms with E-state index in [1.54, 1.807) is 0 Å². The monoisotopic (exact) mass is 246 g/mol. The molecule has 0 aliphatic rings. The van der Waals surface area contributed by atoms with E-state index in [2.05, 4.69) is 37.4 Å². The first-order chi connectivity index (χ1) is 8.36. The van der Waals surface area contributed by atoms with Crippen molar-refractivity contribution in [3.63, 3.8) is 0 Å². The van der Waals surface area contributed by atoms with Crippen molar-refractivity contribution in [1.29, 1.82) is 0 Å². The molecule has 0 atom stereocenters. The van der Waals surface area contributed by atoms with Crippen molar-refractivity contribution >= 4 is 14.9 Å². The van der Waals surface area contributed by atoms with Crippen molar-refractivity contribution in [1.82, 2.24) is 0 Å². The highest BCUT2D eigenvalue weighted by Gasteiger charge is 2.04. The SMILES string of the molecule is C=CCC(CC=C)CCO[SiH2]c1ccccc1. The van der Waals surface area contributed by atoms with Crippen LogP contribution in [0.3, 0.4) is 0 Å². The summed E-state index contributed by atoms with van der Waals surface area (Å²) >= 11 is 0. The molecular formula is C15H22OSi. The predicted molar refractivity (Wildman–Crippen MR) is 78.3 cm³/mol. The molecule has 0 amide bonds. The van der Waals surface area contributed by atoms with Crippen LogP contribution in [0.5, 0.6) is 0 Å². The van der Waals surface area contributed by atoms with Gasteiger partial charge in [-0.25, -0.2) is 0 Å². The summed E-state index contributed by atoms with van der Waals surface area (Å²) < 4.78 is 5.81. The van der Waals surface area contributed by atoms with Crippen molar-refractivity contribution in [2.45, 2.75) is 19.3 Å². The van der Waals surface area contributed by atoms with Crippen LogP contribution < -0.4 is 5.19 Å². The minimum Gasteiger partial charge on any atom is -0.419 e. The van der Waals surface area contributed by atoms with Gasteiger partial charge in [0.25, 0.3) is 0 Å². The molecule has 17 heavy (non-hydrogen) atoms. The van der Waals surface area contributed by atoms with Gasteiger partial charge in [0.15, 0.2) is 9.76 Å². The van der Waals surface area contributed by atoms with Gasteiger partial charge in [-0.2, -0.15) is 0 Å². The van der Waals surface area contributed by atoms with Gasteiger partial charge in [0.2, 0.25) is 0 Å². The summed E-state index contributed by atoms with van der Waals surface area (Å²) in [6.45, 7) is 8.45. The fourth-order valence-electron chi connectivity index (χ4n) is 1.82. The van der Waals surface area contributed by atoms with Crippen LogP contribution in [0.25, 0.3) is 0 Å². The first-order valence-corrected chi connectivity index (χ1v) is 7.48. The Morgan fingerprint density at radius 1 is 1.12 bits per heavy atom. The van der Waals surface area contributed by atoms with E-state index < -0.39 is 9.76 Å². The molecule has 0 fully saturated rings. The average Bonchev–Trinajstić information content (AvgIpc) is 2.36. The highest BCUT2D eigenvalue weighted by molar-refractivity contribution is 6.46. The summed E-state index contributed by atoms with van der Waals surface area (Å²) in [5.74, 6) is 0.648. The Morgan fingerprint density at radius 3 is 2.35 bits per heavy atom. The molecule has 0 N–H and O–H groups in total. The third-order valence-corrected chi connectivity index (χ3v) is 4.08. The van der Waals surface area contributed by atoms with E-state index in [0.29, 0.717) is 5.92 Å². The van der Waals surface area contributed by atoms with E-state index in [-0.39, 0.29) is 0 Å². The molecule has 1 nitrogen and oxygen atoms in total. The lowest BCUT2D eigenvalue weighted by Crippen LogP contribution is -2.18. The van der Waals surface area contributed by atoms with Crippen LogP contribution in [-0.2, 0) is 4.43 Å². The van der Waals surface area contributed by atoms with Gasteiger partial charge in [-0.3, -0.25) is 0 Å². The van der Waals surface area contributed by atoms with Crippen LogP contribution in [0.2, 0.25) is 0 Å². The Bertz CT molecular complexity index is 311. The zero-order valence-corrected chi connectivity index (χ0v) is 11.9. The van der Waals surface area contributed by atoms with Crippen molar-refractivity contribution in [2.24, 2.45) is 5.92 Å². The lowest BCUT2D eigenvalue weighted by molar-refractivity contribution is 0.295. The summed E-state index contributed by atoms with van der Waals surface area (Å²) in [6.07, 6.45) is 7.20. The Hall–Kier alpha value is -1.12. The van der Waals surface area contributed by atoms with Crippen molar-refractivity contribution in [3.05, 3.63) is 55.6 Å². The predicted octanol–water partition coefficient (Wildman–Crippen LogP) is 2.57. The number of benzene rings is 1. The fraction of sp³-hybridized carbons (Fsp3) is 0.333. The summed E-state index contributed by atoms with van der Waals surface area (Å²) in [5.41, 5.74) is 0. The number of allylic oxidation sites excluding steroid dienone is 2. The van der Waals surface area contributed by atoms with Gasteiger partial charge < -0.3 is 4.43 Å². The second-order valence-electron chi connectivity index (χ2n) is 4.24. The van der Waals surface area contributed by atoms with Crippen LogP contribution in [0, 0.1) is 5.92 Å². The van der Waals surface area contributed by atoms with Gasteiger partial charge in [-0.05, 0) is 30.4 Å². The molecule has 92 valence electrons. The van der Waals surface area contributed by atoms with Crippen LogP contribution in [-0.4, -0.2) is 16.4 Å². The molecule has 0 saturated heterocycles. The quantitative estimate of drug-likeness (QED) is 0.370. The summed E-state index contributed by atoms with van der Waals surface area (Å²) in [4.78, 5) is 0. The largest absolute Gasteiger partial charge is 0.419 e. The summed E-state index contributed by atoms with van der Waals surface area (Å²) in [5, 5.41) is 1.37. The van der Waals surface area contributed by atoms with Gasteiger partial charge in [0, 0.05) is 6.61 Å². The van der Waals surface area contributed by atoms with E-state index in [4.69, 9.17) is 4.43 Å². The third-order valence-electron chi connectivity index (χ3n) is 2.78. The van der Waals surface area contributed by atoms with E-state index in [1.165, 1.54) is 5.19 Å². The minimum absolute atomic E-state index is 0.534. The maximum Gasteiger partial charge on any atom is 0.192 e. The maximum absolute atomic E-state index is 5.81. The first-order valence-electron chi connectivity index (χ1n) is 6.20. The topological polar surface area (TPSA) is 9.23 Å². The number of rotatable bonds is 9. The van der Waals surface area contributed by atoms with E-state index in [9.17, 15) is 0 Å². The zero-order chi connectivity index (χ0) is 12.3. The molecule has 0 radical (unpaired) electrons. The normalized spacial score (nSPS) is 11.1. The van der Waals surface area contributed by atoms with Gasteiger partial charge in [-0.15, -0.1) is 13.2 Å². The van der Waals surface area contributed by atoms with Crippen molar-refractivity contribution in [2.75, 3.05) is 6.61 Å². The lowest BCUT2D eigenvalue weighted by Gasteiger charge is -2.12. The highest BCUT2D eigenvalue weighted by Crippen LogP contribution is 2.14. The molecular weight excluding hydrogens is 224 g/mol. The molecule has 0 bridgehead atoms. The molecule has 0 aliphatic heterocycles. The van der Waals surface area contributed by atoms with Crippen LogP contribution in [0.1, 0.15) is 19.3 Å². The van der Waals surface area contributed by atoms with Crippen LogP contribution in [0.15, 0.2) is 55.6 Å².